The first-order chi connectivity index (χ1) is 12.2. The van der Waals surface area contributed by atoms with Gasteiger partial charge < -0.3 is 9.64 Å². The summed E-state index contributed by atoms with van der Waals surface area (Å²) < 4.78 is 4.60. The fraction of sp³-hybridized carbons (Fsp3) is 0.263. The van der Waals surface area contributed by atoms with Gasteiger partial charge in [-0.15, -0.1) is 0 Å². The molecule has 2 aromatic carbocycles. The lowest BCUT2D eigenvalue weighted by atomic mass is 10.0. The number of non-ortho nitro benzene ring substituents is 1. The SMILES string of the molecule is COC(=O)c1cc(C(=O)N(C)Cc2ccc(C)cc2C)cc([N+](=O)[O-])c1. The van der Waals surface area contributed by atoms with Gasteiger partial charge in [-0.25, -0.2) is 4.79 Å². The smallest absolute Gasteiger partial charge is 0.338 e. The standard InChI is InChI=1S/C19H20N2O5/c1-12-5-6-14(13(2)7-12)11-20(3)18(22)15-8-16(19(23)26-4)10-17(9-15)21(24)25/h5-10H,11H2,1-4H3. The highest BCUT2D eigenvalue weighted by molar-refractivity contribution is 5.98. The molecule has 0 radical (unpaired) electrons. The monoisotopic (exact) mass is 356 g/mol. The van der Waals surface area contributed by atoms with Gasteiger partial charge in [-0.3, -0.25) is 14.9 Å². The van der Waals surface area contributed by atoms with E-state index >= 15 is 0 Å². The van der Waals surface area contributed by atoms with Crippen LogP contribution in [0.25, 0.3) is 0 Å². The Morgan fingerprint density at radius 1 is 1.12 bits per heavy atom. The minimum Gasteiger partial charge on any atom is -0.465 e. The summed E-state index contributed by atoms with van der Waals surface area (Å²) in [5.41, 5.74) is 2.85. The highest BCUT2D eigenvalue weighted by Gasteiger charge is 2.20. The lowest BCUT2D eigenvalue weighted by molar-refractivity contribution is -0.384. The van der Waals surface area contributed by atoms with Crippen LogP contribution in [0.15, 0.2) is 36.4 Å². The van der Waals surface area contributed by atoms with E-state index in [0.29, 0.717) is 6.54 Å². The number of rotatable bonds is 5. The predicted octanol–water partition coefficient (Wildman–Crippen LogP) is 3.27. The highest BCUT2D eigenvalue weighted by Crippen LogP contribution is 2.20. The molecule has 0 heterocycles. The molecule has 0 fully saturated rings. The average molecular weight is 356 g/mol. The molecule has 0 aliphatic rings. The Labute approximate surface area is 151 Å². The molecule has 0 atom stereocenters. The zero-order valence-corrected chi connectivity index (χ0v) is 15.1. The Hall–Kier alpha value is -3.22. The lowest BCUT2D eigenvalue weighted by Crippen LogP contribution is -2.27. The number of aryl methyl sites for hydroxylation is 2. The number of hydrogen-bond donors (Lipinski definition) is 0. The maximum absolute atomic E-state index is 12.7. The third-order valence-electron chi connectivity index (χ3n) is 4.05. The molecule has 2 aromatic rings. The van der Waals surface area contributed by atoms with Crippen molar-refractivity contribution in [2.45, 2.75) is 20.4 Å². The second-order valence-corrected chi connectivity index (χ2v) is 6.11. The summed E-state index contributed by atoms with van der Waals surface area (Å²) in [5.74, 6) is -1.15. The molecule has 0 bridgehead atoms. The minimum absolute atomic E-state index is 0.0371. The van der Waals surface area contributed by atoms with Crippen LogP contribution < -0.4 is 0 Å². The van der Waals surface area contributed by atoms with Crippen molar-refractivity contribution in [3.8, 4) is 0 Å². The van der Waals surface area contributed by atoms with Crippen molar-refractivity contribution in [1.29, 1.82) is 0 Å². The molecule has 0 spiro atoms. The van der Waals surface area contributed by atoms with Gasteiger partial charge in [0.1, 0.15) is 0 Å². The zero-order valence-electron chi connectivity index (χ0n) is 15.1. The van der Waals surface area contributed by atoms with E-state index in [1.165, 1.54) is 18.1 Å². The van der Waals surface area contributed by atoms with E-state index in [4.69, 9.17) is 0 Å². The summed E-state index contributed by atoms with van der Waals surface area (Å²) in [5, 5.41) is 11.1. The van der Waals surface area contributed by atoms with E-state index in [0.717, 1.165) is 28.8 Å². The fourth-order valence-corrected chi connectivity index (χ4v) is 2.65. The molecular formula is C19H20N2O5. The first-order valence-corrected chi connectivity index (χ1v) is 7.92. The van der Waals surface area contributed by atoms with Crippen molar-refractivity contribution in [3.63, 3.8) is 0 Å². The van der Waals surface area contributed by atoms with E-state index in [2.05, 4.69) is 4.74 Å². The Morgan fingerprint density at radius 3 is 2.35 bits per heavy atom. The normalized spacial score (nSPS) is 10.3. The van der Waals surface area contributed by atoms with Gasteiger partial charge >= 0.3 is 5.97 Å². The van der Waals surface area contributed by atoms with Crippen LogP contribution in [0, 0.1) is 24.0 Å². The summed E-state index contributed by atoms with van der Waals surface area (Å²) in [4.78, 5) is 36.4. The van der Waals surface area contributed by atoms with E-state index in [1.807, 2.05) is 32.0 Å². The van der Waals surface area contributed by atoms with E-state index in [9.17, 15) is 19.7 Å². The summed E-state index contributed by atoms with van der Waals surface area (Å²) >= 11 is 0. The molecule has 0 N–H and O–H groups in total. The Balaban J connectivity index is 2.33. The maximum Gasteiger partial charge on any atom is 0.338 e. The molecule has 0 unspecified atom stereocenters. The van der Waals surface area contributed by atoms with Gasteiger partial charge in [0.25, 0.3) is 11.6 Å². The van der Waals surface area contributed by atoms with E-state index in [1.54, 1.807) is 7.05 Å². The molecule has 0 aliphatic carbocycles. The third kappa shape index (κ3) is 4.24. The number of nitro groups is 1. The van der Waals surface area contributed by atoms with E-state index < -0.39 is 16.8 Å². The molecule has 1 amide bonds. The number of esters is 1. The molecule has 7 heteroatoms. The fourth-order valence-electron chi connectivity index (χ4n) is 2.65. The molecular weight excluding hydrogens is 336 g/mol. The number of ether oxygens (including phenoxy) is 1. The average Bonchev–Trinajstić information content (AvgIpc) is 2.62. The summed E-state index contributed by atoms with van der Waals surface area (Å²) in [6, 6.07) is 9.49. The van der Waals surface area contributed by atoms with Gasteiger partial charge in [-0.1, -0.05) is 23.8 Å². The second-order valence-electron chi connectivity index (χ2n) is 6.11. The molecule has 26 heavy (non-hydrogen) atoms. The largest absolute Gasteiger partial charge is 0.465 e. The number of nitrogens with zero attached hydrogens (tertiary/aromatic N) is 2. The number of nitro benzene ring substituents is 1. The van der Waals surface area contributed by atoms with Gasteiger partial charge in [-0.2, -0.15) is 0 Å². The molecule has 0 saturated heterocycles. The molecule has 7 nitrogen and oxygen atoms in total. The van der Waals surface area contributed by atoms with Crippen LogP contribution in [-0.4, -0.2) is 35.9 Å². The summed E-state index contributed by atoms with van der Waals surface area (Å²) in [7, 11) is 2.78. The van der Waals surface area contributed by atoms with Gasteiger partial charge in [0.05, 0.1) is 17.6 Å². The third-order valence-corrected chi connectivity index (χ3v) is 4.05. The first kappa shape index (κ1) is 19.1. The Kier molecular flexibility index (Phi) is 5.71. The quantitative estimate of drug-likeness (QED) is 0.466. The summed E-state index contributed by atoms with van der Waals surface area (Å²) in [6.07, 6.45) is 0. The van der Waals surface area contributed by atoms with Crippen molar-refractivity contribution in [1.82, 2.24) is 4.90 Å². The number of carbonyl (C=O) groups is 2. The Morgan fingerprint density at radius 2 is 1.77 bits per heavy atom. The predicted molar refractivity (Wildman–Crippen MR) is 96.1 cm³/mol. The van der Waals surface area contributed by atoms with Crippen molar-refractivity contribution in [2.75, 3.05) is 14.2 Å². The van der Waals surface area contributed by atoms with Crippen LogP contribution in [0.2, 0.25) is 0 Å². The molecule has 0 saturated carbocycles. The van der Waals surface area contributed by atoms with Gasteiger partial charge in [0.15, 0.2) is 0 Å². The number of hydrogen-bond acceptors (Lipinski definition) is 5. The van der Waals surface area contributed by atoms with Crippen LogP contribution in [0.4, 0.5) is 5.69 Å². The van der Waals surface area contributed by atoms with Crippen LogP contribution in [0.1, 0.15) is 37.4 Å². The minimum atomic E-state index is -0.736. The van der Waals surface area contributed by atoms with Gasteiger partial charge in [0.2, 0.25) is 0 Å². The molecule has 136 valence electrons. The van der Waals surface area contributed by atoms with Crippen LogP contribution >= 0.6 is 0 Å². The maximum atomic E-state index is 12.7. The van der Waals surface area contributed by atoms with Crippen molar-refractivity contribution < 1.29 is 19.2 Å². The van der Waals surface area contributed by atoms with Gasteiger partial charge in [-0.05, 0) is 31.0 Å². The Bertz CT molecular complexity index is 876. The van der Waals surface area contributed by atoms with Crippen molar-refractivity contribution >= 4 is 17.6 Å². The zero-order chi connectivity index (χ0) is 19.4. The highest BCUT2D eigenvalue weighted by atomic mass is 16.6. The topological polar surface area (TPSA) is 89.8 Å². The number of methoxy groups -OCH3 is 1. The second kappa shape index (κ2) is 7.77. The van der Waals surface area contributed by atoms with E-state index in [-0.39, 0.29) is 16.8 Å². The van der Waals surface area contributed by atoms with Gasteiger partial charge in [0, 0.05) is 31.3 Å². The van der Waals surface area contributed by atoms with Crippen LogP contribution in [0.3, 0.4) is 0 Å². The van der Waals surface area contributed by atoms with Crippen LogP contribution in [0.5, 0.6) is 0 Å². The van der Waals surface area contributed by atoms with Crippen molar-refractivity contribution in [2.24, 2.45) is 0 Å². The number of amides is 1. The van der Waals surface area contributed by atoms with Crippen LogP contribution in [-0.2, 0) is 11.3 Å². The number of carbonyl (C=O) groups excluding carboxylic acids is 2. The molecule has 0 aromatic heterocycles. The van der Waals surface area contributed by atoms with Crippen molar-refractivity contribution in [3.05, 3.63) is 74.3 Å². The molecule has 2 rings (SSSR count). The molecule has 0 aliphatic heterocycles. The summed E-state index contributed by atoms with van der Waals surface area (Å²) in [6.45, 7) is 4.30. The lowest BCUT2D eigenvalue weighted by Gasteiger charge is -2.19. The number of benzene rings is 2. The first-order valence-electron chi connectivity index (χ1n) is 7.92.